The Kier molecular flexibility index (Phi) is 7.54. The molecule has 5 nitrogen and oxygen atoms in total. The monoisotopic (exact) mass is 491 g/mol. The van der Waals surface area contributed by atoms with Crippen LogP contribution in [0.4, 0.5) is 0 Å². The molecule has 0 N–H and O–H groups in total. The van der Waals surface area contributed by atoms with Crippen LogP contribution in [0, 0.1) is 6.92 Å². The molecule has 2 heterocycles. The second-order valence-electron chi connectivity index (χ2n) is 8.55. The molecular weight excluding hydrogens is 462 g/mol. The smallest absolute Gasteiger partial charge is 0.266 e. The van der Waals surface area contributed by atoms with Gasteiger partial charge >= 0.3 is 0 Å². The molecule has 0 unspecified atom stereocenters. The number of carbonyl (C=O) groups is 1. The van der Waals surface area contributed by atoms with Crippen LogP contribution < -0.4 is 4.74 Å². The average Bonchev–Trinajstić information content (AvgIpc) is 3.35. The second kappa shape index (κ2) is 10.6. The Bertz CT molecular complexity index is 1230. The summed E-state index contributed by atoms with van der Waals surface area (Å²) in [5.74, 6) is 0.832. The van der Waals surface area contributed by atoms with Crippen LogP contribution in [0.1, 0.15) is 44.7 Å². The van der Waals surface area contributed by atoms with Gasteiger partial charge in [-0.05, 0) is 69.2 Å². The molecule has 1 aliphatic rings. The van der Waals surface area contributed by atoms with E-state index in [2.05, 4.69) is 13.0 Å². The van der Waals surface area contributed by atoms with E-state index in [1.54, 1.807) is 4.90 Å². The summed E-state index contributed by atoms with van der Waals surface area (Å²) in [5.41, 5.74) is 4.64. The van der Waals surface area contributed by atoms with Gasteiger partial charge in [-0.25, -0.2) is 4.68 Å². The lowest BCUT2D eigenvalue weighted by molar-refractivity contribution is -0.122. The molecule has 3 aromatic rings. The third-order valence-electron chi connectivity index (χ3n) is 5.47. The summed E-state index contributed by atoms with van der Waals surface area (Å²) in [4.78, 5) is 15.4. The van der Waals surface area contributed by atoms with E-state index in [1.165, 1.54) is 11.8 Å². The van der Waals surface area contributed by atoms with Crippen molar-refractivity contribution in [1.82, 2.24) is 14.7 Å². The maximum Gasteiger partial charge on any atom is 0.266 e. The fourth-order valence-corrected chi connectivity index (χ4v) is 5.06. The van der Waals surface area contributed by atoms with Gasteiger partial charge in [0, 0.05) is 23.9 Å². The van der Waals surface area contributed by atoms with Gasteiger partial charge in [-0.3, -0.25) is 9.69 Å². The molecule has 0 bridgehead atoms. The number of para-hydroxylation sites is 1. The molecule has 1 aromatic heterocycles. The minimum atomic E-state index is -0.0290. The Hall–Kier alpha value is -2.90. The third kappa shape index (κ3) is 5.26. The van der Waals surface area contributed by atoms with Gasteiger partial charge in [0.05, 0.1) is 16.7 Å². The van der Waals surface area contributed by atoms with E-state index >= 15 is 0 Å². The molecule has 1 aliphatic heterocycles. The van der Waals surface area contributed by atoms with Crippen LogP contribution >= 0.6 is 24.0 Å². The van der Waals surface area contributed by atoms with Crippen molar-refractivity contribution in [3.8, 4) is 22.7 Å². The molecule has 0 radical (unpaired) electrons. The number of nitrogens with zero attached hydrogens (tertiary/aromatic N) is 3. The largest absolute Gasteiger partial charge is 0.491 e. The molecule has 7 heteroatoms. The zero-order valence-electron chi connectivity index (χ0n) is 19.9. The Balaban J connectivity index is 1.76. The van der Waals surface area contributed by atoms with Crippen LogP contribution in [0.3, 0.4) is 0 Å². The number of rotatable bonds is 8. The van der Waals surface area contributed by atoms with Crippen LogP contribution in [0.15, 0.2) is 59.6 Å². The number of hydrogen-bond acceptors (Lipinski definition) is 5. The summed E-state index contributed by atoms with van der Waals surface area (Å²) < 4.78 is 8.38. The first-order chi connectivity index (χ1) is 16.4. The van der Waals surface area contributed by atoms with E-state index in [4.69, 9.17) is 22.1 Å². The number of ether oxygens (including phenoxy) is 1. The fraction of sp³-hybridized carbons (Fsp3) is 0.296. The lowest BCUT2D eigenvalue weighted by Crippen LogP contribution is -2.28. The number of amides is 1. The highest BCUT2D eigenvalue weighted by atomic mass is 32.2. The summed E-state index contributed by atoms with van der Waals surface area (Å²) in [7, 11) is 0. The van der Waals surface area contributed by atoms with Gasteiger partial charge in [0.1, 0.15) is 15.8 Å². The van der Waals surface area contributed by atoms with Gasteiger partial charge in [0.25, 0.3) is 5.91 Å². The van der Waals surface area contributed by atoms with Crippen molar-refractivity contribution >= 4 is 40.3 Å². The number of thioether (sulfide) groups is 1. The highest BCUT2D eigenvalue weighted by Crippen LogP contribution is 2.36. The molecule has 1 amide bonds. The summed E-state index contributed by atoms with van der Waals surface area (Å²) in [6, 6.07) is 16.1. The SMILES string of the molecule is CCCCN1C(=O)C(=Cc2cn(-c3ccccc3)nc2-c2ccc(OC(C)C)c(C)c2)SC1=S. The molecule has 0 aliphatic carbocycles. The number of unbranched alkanes of at least 4 members (excludes halogenated alkanes) is 1. The first kappa shape index (κ1) is 24.2. The molecule has 4 rings (SSSR count). The van der Waals surface area contributed by atoms with Crippen molar-refractivity contribution in [2.24, 2.45) is 0 Å². The summed E-state index contributed by atoms with van der Waals surface area (Å²) in [6.45, 7) is 8.84. The van der Waals surface area contributed by atoms with E-state index in [0.29, 0.717) is 15.8 Å². The summed E-state index contributed by atoms with van der Waals surface area (Å²) >= 11 is 6.85. The standard InChI is InChI=1S/C27H29N3O2S2/c1-5-6-14-29-26(31)24(34-27(29)33)16-21-17-30(22-10-8-7-9-11-22)28-25(21)20-12-13-23(19(4)15-20)32-18(2)3/h7-13,15-18H,5-6,14H2,1-4H3. The van der Waals surface area contributed by atoms with E-state index in [1.807, 2.05) is 80.2 Å². The highest BCUT2D eigenvalue weighted by molar-refractivity contribution is 8.26. The van der Waals surface area contributed by atoms with Gasteiger partial charge in [0.15, 0.2) is 0 Å². The first-order valence-corrected chi connectivity index (χ1v) is 12.8. The predicted molar refractivity (Wildman–Crippen MR) is 144 cm³/mol. The second-order valence-corrected chi connectivity index (χ2v) is 10.2. The van der Waals surface area contributed by atoms with E-state index in [-0.39, 0.29) is 12.0 Å². The maximum absolute atomic E-state index is 13.1. The Morgan fingerprint density at radius 2 is 1.94 bits per heavy atom. The number of thiocarbonyl (C=S) groups is 1. The van der Waals surface area contributed by atoms with Crippen LogP contribution in [-0.2, 0) is 4.79 Å². The third-order valence-corrected chi connectivity index (χ3v) is 6.85. The van der Waals surface area contributed by atoms with Gasteiger partial charge in [-0.2, -0.15) is 5.10 Å². The molecule has 0 saturated carbocycles. The zero-order valence-corrected chi connectivity index (χ0v) is 21.6. The lowest BCUT2D eigenvalue weighted by Gasteiger charge is -2.13. The summed E-state index contributed by atoms with van der Waals surface area (Å²) in [6.07, 6.45) is 5.94. The number of benzene rings is 2. The number of hydrogen-bond donors (Lipinski definition) is 0. The van der Waals surface area contributed by atoms with Crippen LogP contribution in [0.25, 0.3) is 23.0 Å². The number of carbonyl (C=O) groups excluding carboxylic acids is 1. The predicted octanol–water partition coefficient (Wildman–Crippen LogP) is 6.64. The minimum absolute atomic E-state index is 0.0290. The molecule has 176 valence electrons. The zero-order chi connectivity index (χ0) is 24.2. The van der Waals surface area contributed by atoms with Gasteiger partial charge in [0.2, 0.25) is 0 Å². The fourth-order valence-electron chi connectivity index (χ4n) is 3.76. The van der Waals surface area contributed by atoms with Crippen molar-refractivity contribution in [3.63, 3.8) is 0 Å². The first-order valence-electron chi connectivity index (χ1n) is 11.6. The van der Waals surface area contributed by atoms with Crippen LogP contribution in [0.2, 0.25) is 0 Å². The lowest BCUT2D eigenvalue weighted by atomic mass is 10.0. The molecule has 1 fully saturated rings. The minimum Gasteiger partial charge on any atom is -0.491 e. The van der Waals surface area contributed by atoms with Crippen molar-refractivity contribution in [2.45, 2.75) is 46.6 Å². The molecule has 0 spiro atoms. The quantitative estimate of drug-likeness (QED) is 0.261. The van der Waals surface area contributed by atoms with Gasteiger partial charge < -0.3 is 4.74 Å². The van der Waals surface area contributed by atoms with Gasteiger partial charge in [-0.15, -0.1) is 0 Å². The van der Waals surface area contributed by atoms with E-state index in [9.17, 15) is 4.79 Å². The van der Waals surface area contributed by atoms with Crippen molar-refractivity contribution < 1.29 is 9.53 Å². The van der Waals surface area contributed by atoms with E-state index in [0.717, 1.165) is 46.7 Å². The average molecular weight is 492 g/mol. The normalized spacial score (nSPS) is 15.1. The maximum atomic E-state index is 13.1. The van der Waals surface area contributed by atoms with Crippen molar-refractivity contribution in [3.05, 3.63) is 70.8 Å². The highest BCUT2D eigenvalue weighted by Gasteiger charge is 2.32. The topological polar surface area (TPSA) is 47.4 Å². The van der Waals surface area contributed by atoms with Crippen LogP contribution in [0.5, 0.6) is 5.75 Å². The summed E-state index contributed by atoms with van der Waals surface area (Å²) in [5, 5.41) is 4.90. The Labute approximate surface area is 210 Å². The Morgan fingerprint density at radius 1 is 1.18 bits per heavy atom. The molecule has 1 saturated heterocycles. The van der Waals surface area contributed by atoms with Crippen LogP contribution in [-0.4, -0.2) is 37.6 Å². The number of aromatic nitrogens is 2. The Morgan fingerprint density at radius 3 is 2.62 bits per heavy atom. The van der Waals surface area contributed by atoms with Crippen molar-refractivity contribution in [1.29, 1.82) is 0 Å². The molecule has 34 heavy (non-hydrogen) atoms. The van der Waals surface area contributed by atoms with E-state index < -0.39 is 0 Å². The van der Waals surface area contributed by atoms with Crippen molar-refractivity contribution in [2.75, 3.05) is 6.54 Å². The molecule has 2 aromatic carbocycles. The number of aryl methyl sites for hydroxylation is 1. The molecule has 0 atom stereocenters. The van der Waals surface area contributed by atoms with Gasteiger partial charge in [-0.1, -0.05) is 55.5 Å². The molecular formula is C27H29N3O2S2.